The lowest BCUT2D eigenvalue weighted by molar-refractivity contribution is 0.172. The second kappa shape index (κ2) is 5.95. The first kappa shape index (κ1) is 12.3. The molecule has 2 N–H and O–H groups in total. The van der Waals surface area contributed by atoms with Crippen LogP contribution in [0.1, 0.15) is 17.9 Å². The maximum Gasteiger partial charge on any atom is 0.101 e. The smallest absolute Gasteiger partial charge is 0.101 e. The van der Waals surface area contributed by atoms with E-state index in [1.54, 1.807) is 17.5 Å². The van der Waals surface area contributed by atoms with Gasteiger partial charge in [0.2, 0.25) is 0 Å². The van der Waals surface area contributed by atoms with Gasteiger partial charge in [-0.2, -0.15) is 5.10 Å². The molecule has 2 atom stereocenters. The van der Waals surface area contributed by atoms with E-state index < -0.39 is 6.10 Å². The van der Waals surface area contributed by atoms with E-state index in [9.17, 15) is 5.11 Å². The van der Waals surface area contributed by atoms with Crippen LogP contribution >= 0.6 is 11.3 Å². The Hall–Kier alpha value is -1.17. The van der Waals surface area contributed by atoms with E-state index >= 15 is 0 Å². The number of aliphatic hydroxyl groups excluding tert-OH is 1. The molecule has 0 bridgehead atoms. The Morgan fingerprint density at radius 1 is 1.53 bits per heavy atom. The fourth-order valence-corrected chi connectivity index (χ4v) is 2.36. The van der Waals surface area contributed by atoms with Crippen molar-refractivity contribution in [2.75, 3.05) is 6.54 Å². The van der Waals surface area contributed by atoms with E-state index in [0.29, 0.717) is 6.54 Å². The van der Waals surface area contributed by atoms with E-state index in [2.05, 4.69) is 17.3 Å². The first-order valence-electron chi connectivity index (χ1n) is 5.68. The molecule has 0 aliphatic heterocycles. The summed E-state index contributed by atoms with van der Waals surface area (Å²) in [6.07, 6.45) is 3.29. The first-order valence-corrected chi connectivity index (χ1v) is 6.56. The molecule has 0 fully saturated rings. The number of nitrogens with zero attached hydrogens (tertiary/aromatic N) is 2. The van der Waals surface area contributed by atoms with Crippen LogP contribution in [-0.2, 0) is 6.54 Å². The molecule has 0 spiro atoms. The Labute approximate surface area is 105 Å². The molecule has 2 aromatic rings. The second-order valence-electron chi connectivity index (χ2n) is 4.07. The van der Waals surface area contributed by atoms with Crippen LogP contribution in [0.2, 0.25) is 0 Å². The van der Waals surface area contributed by atoms with E-state index in [-0.39, 0.29) is 6.04 Å². The maximum absolute atomic E-state index is 9.91. The van der Waals surface area contributed by atoms with Gasteiger partial charge >= 0.3 is 0 Å². The number of thiophene rings is 1. The summed E-state index contributed by atoms with van der Waals surface area (Å²) >= 11 is 1.58. The van der Waals surface area contributed by atoms with Crippen LogP contribution < -0.4 is 5.32 Å². The number of hydrogen-bond donors (Lipinski definition) is 2. The summed E-state index contributed by atoms with van der Waals surface area (Å²) in [5.41, 5.74) is 0. The molecule has 0 saturated carbocycles. The normalized spacial score (nSPS) is 14.7. The molecule has 2 rings (SSSR count). The van der Waals surface area contributed by atoms with Gasteiger partial charge in [0.05, 0.1) is 6.54 Å². The van der Waals surface area contributed by atoms with Crippen LogP contribution in [0, 0.1) is 0 Å². The van der Waals surface area contributed by atoms with Crippen LogP contribution in [0.25, 0.3) is 0 Å². The van der Waals surface area contributed by atoms with Crippen molar-refractivity contribution in [3.8, 4) is 0 Å². The van der Waals surface area contributed by atoms with Crippen molar-refractivity contribution in [2.45, 2.75) is 25.6 Å². The molecule has 0 aliphatic carbocycles. The van der Waals surface area contributed by atoms with Crippen molar-refractivity contribution in [2.24, 2.45) is 0 Å². The number of nitrogens with one attached hydrogen (secondary N) is 1. The van der Waals surface area contributed by atoms with Gasteiger partial charge in [-0.15, -0.1) is 11.3 Å². The third-order valence-electron chi connectivity index (χ3n) is 2.55. The molecule has 17 heavy (non-hydrogen) atoms. The molecule has 2 aromatic heterocycles. The number of rotatable bonds is 6. The molecule has 0 aromatic carbocycles. The number of aliphatic hydroxyl groups is 1. The van der Waals surface area contributed by atoms with Crippen LogP contribution in [0.15, 0.2) is 36.0 Å². The highest BCUT2D eigenvalue weighted by molar-refractivity contribution is 7.10. The van der Waals surface area contributed by atoms with Crippen molar-refractivity contribution in [3.63, 3.8) is 0 Å². The number of aromatic nitrogens is 2. The average molecular weight is 251 g/mol. The number of hydrogen-bond acceptors (Lipinski definition) is 4. The minimum atomic E-state index is -0.421. The zero-order chi connectivity index (χ0) is 12.1. The molecule has 0 amide bonds. The van der Waals surface area contributed by atoms with Crippen LogP contribution in [0.5, 0.6) is 0 Å². The predicted molar refractivity (Wildman–Crippen MR) is 69.0 cm³/mol. The average Bonchev–Trinajstić information content (AvgIpc) is 2.97. The standard InChI is InChI=1S/C12H17N3OS/c1-10(9-15-6-3-5-14-15)13-8-11(16)12-4-2-7-17-12/h2-7,10-11,13,16H,8-9H2,1H3. The van der Waals surface area contributed by atoms with Gasteiger partial charge in [-0.05, 0) is 24.4 Å². The predicted octanol–water partition coefficient (Wildman–Crippen LogP) is 1.66. The van der Waals surface area contributed by atoms with E-state index in [0.717, 1.165) is 11.4 Å². The summed E-state index contributed by atoms with van der Waals surface area (Å²) in [6.45, 7) is 3.47. The summed E-state index contributed by atoms with van der Waals surface area (Å²) in [6, 6.07) is 6.10. The van der Waals surface area contributed by atoms with Gasteiger partial charge in [0.1, 0.15) is 6.10 Å². The highest BCUT2D eigenvalue weighted by Crippen LogP contribution is 2.17. The Bertz CT molecular complexity index is 413. The van der Waals surface area contributed by atoms with Gasteiger partial charge in [0, 0.05) is 29.9 Å². The third-order valence-corrected chi connectivity index (χ3v) is 3.52. The topological polar surface area (TPSA) is 50.1 Å². The Balaban J connectivity index is 1.74. The molecule has 0 aliphatic rings. The SMILES string of the molecule is CC(Cn1cccn1)NCC(O)c1cccs1. The van der Waals surface area contributed by atoms with Gasteiger partial charge in [0.15, 0.2) is 0 Å². The lowest BCUT2D eigenvalue weighted by Crippen LogP contribution is -2.33. The highest BCUT2D eigenvalue weighted by atomic mass is 32.1. The van der Waals surface area contributed by atoms with Crippen LogP contribution in [0.3, 0.4) is 0 Å². The summed E-state index contributed by atoms with van der Waals surface area (Å²) in [5, 5.41) is 19.3. The van der Waals surface area contributed by atoms with E-state index in [1.807, 2.05) is 34.5 Å². The zero-order valence-electron chi connectivity index (χ0n) is 9.78. The van der Waals surface area contributed by atoms with Crippen molar-refractivity contribution in [3.05, 3.63) is 40.8 Å². The second-order valence-corrected chi connectivity index (χ2v) is 5.05. The van der Waals surface area contributed by atoms with Crippen molar-refractivity contribution in [1.29, 1.82) is 0 Å². The Morgan fingerprint density at radius 3 is 3.06 bits per heavy atom. The summed E-state index contributed by atoms with van der Waals surface area (Å²) in [7, 11) is 0. The maximum atomic E-state index is 9.91. The van der Waals surface area contributed by atoms with Gasteiger partial charge in [0.25, 0.3) is 0 Å². The van der Waals surface area contributed by atoms with Crippen molar-refractivity contribution >= 4 is 11.3 Å². The molecule has 5 heteroatoms. The Kier molecular flexibility index (Phi) is 4.30. The monoisotopic (exact) mass is 251 g/mol. The van der Waals surface area contributed by atoms with E-state index in [1.165, 1.54) is 0 Å². The molecule has 0 saturated heterocycles. The summed E-state index contributed by atoms with van der Waals surface area (Å²) in [5.74, 6) is 0. The molecular formula is C12H17N3OS. The molecule has 0 radical (unpaired) electrons. The van der Waals surface area contributed by atoms with E-state index in [4.69, 9.17) is 0 Å². The van der Waals surface area contributed by atoms with Gasteiger partial charge < -0.3 is 10.4 Å². The molecule has 2 heterocycles. The highest BCUT2D eigenvalue weighted by Gasteiger charge is 2.10. The van der Waals surface area contributed by atoms with Gasteiger partial charge in [-0.1, -0.05) is 6.07 Å². The Morgan fingerprint density at radius 2 is 2.41 bits per heavy atom. The first-order chi connectivity index (χ1) is 8.25. The molecular weight excluding hydrogens is 234 g/mol. The quantitative estimate of drug-likeness (QED) is 0.821. The third kappa shape index (κ3) is 3.66. The van der Waals surface area contributed by atoms with Gasteiger partial charge in [-0.25, -0.2) is 0 Å². The molecule has 2 unspecified atom stereocenters. The van der Waals surface area contributed by atoms with Gasteiger partial charge in [-0.3, -0.25) is 4.68 Å². The van der Waals surface area contributed by atoms with Crippen molar-refractivity contribution in [1.82, 2.24) is 15.1 Å². The summed E-state index contributed by atoms with van der Waals surface area (Å²) in [4.78, 5) is 1.00. The molecule has 92 valence electrons. The van der Waals surface area contributed by atoms with Crippen LogP contribution in [0.4, 0.5) is 0 Å². The largest absolute Gasteiger partial charge is 0.386 e. The lowest BCUT2D eigenvalue weighted by Gasteiger charge is -2.16. The molecule has 4 nitrogen and oxygen atoms in total. The summed E-state index contributed by atoms with van der Waals surface area (Å²) < 4.78 is 1.88. The minimum Gasteiger partial charge on any atom is -0.386 e. The lowest BCUT2D eigenvalue weighted by atomic mass is 10.2. The minimum absolute atomic E-state index is 0.282. The fourth-order valence-electron chi connectivity index (χ4n) is 1.65. The van der Waals surface area contributed by atoms with Crippen LogP contribution in [-0.4, -0.2) is 27.5 Å². The fraction of sp³-hybridized carbons (Fsp3) is 0.417. The van der Waals surface area contributed by atoms with Crippen molar-refractivity contribution < 1.29 is 5.11 Å². The zero-order valence-corrected chi connectivity index (χ0v) is 10.6.